The number of methoxy groups -OCH3 is 1. The van der Waals surface area contributed by atoms with Crippen molar-refractivity contribution in [3.8, 4) is 11.5 Å². The highest BCUT2D eigenvalue weighted by atomic mass is 35.5. The molecular weight excluding hydrogens is 604 g/mol. The lowest BCUT2D eigenvalue weighted by atomic mass is 9.52. The van der Waals surface area contributed by atoms with E-state index in [0.29, 0.717) is 28.6 Å². The molecule has 3 aromatic rings. The highest BCUT2D eigenvalue weighted by molar-refractivity contribution is 6.32. The van der Waals surface area contributed by atoms with E-state index in [2.05, 4.69) is 0 Å². The van der Waals surface area contributed by atoms with Gasteiger partial charge in [-0.1, -0.05) is 65.7 Å². The number of carbonyl (C=O) groups is 4. The molecule has 1 N–H and O–H groups in total. The van der Waals surface area contributed by atoms with Crippen LogP contribution in [-0.4, -0.2) is 35.8 Å². The van der Waals surface area contributed by atoms with Gasteiger partial charge in [0, 0.05) is 10.9 Å². The Morgan fingerprint density at radius 2 is 1.67 bits per heavy atom. The summed E-state index contributed by atoms with van der Waals surface area (Å²) in [6.07, 6.45) is 6.42. The molecule has 2 saturated heterocycles. The zero-order valence-corrected chi connectivity index (χ0v) is 26.4. The number of imide groups is 2. The number of phenolic OH excluding ortho intramolecular Hbond substituents is 1. The van der Waals surface area contributed by atoms with E-state index in [1.807, 2.05) is 38.1 Å². The summed E-state index contributed by atoms with van der Waals surface area (Å²) in [6.45, 7) is 3.70. The van der Waals surface area contributed by atoms with Gasteiger partial charge in [0.05, 0.1) is 41.7 Å². The predicted molar refractivity (Wildman–Crippen MR) is 174 cm³/mol. The van der Waals surface area contributed by atoms with E-state index >= 15 is 0 Å². The number of rotatable bonds is 5. The van der Waals surface area contributed by atoms with Gasteiger partial charge in [0.1, 0.15) is 0 Å². The van der Waals surface area contributed by atoms with Crippen molar-refractivity contribution in [2.75, 3.05) is 16.9 Å². The Morgan fingerprint density at radius 1 is 0.913 bits per heavy atom. The van der Waals surface area contributed by atoms with E-state index in [9.17, 15) is 24.3 Å². The number of amides is 4. The fourth-order valence-electron chi connectivity index (χ4n) is 8.02. The summed E-state index contributed by atoms with van der Waals surface area (Å²) >= 11 is 6.39. The molecule has 6 atom stereocenters. The van der Waals surface area contributed by atoms with Crippen molar-refractivity contribution in [1.82, 2.24) is 0 Å². The van der Waals surface area contributed by atoms with Crippen LogP contribution in [0.1, 0.15) is 30.9 Å². The van der Waals surface area contributed by atoms with Crippen LogP contribution in [0.3, 0.4) is 0 Å². The minimum absolute atomic E-state index is 0.00402. The van der Waals surface area contributed by atoms with E-state index < -0.39 is 35.0 Å². The Balaban J connectivity index is 1.33. The maximum atomic E-state index is 14.4. The van der Waals surface area contributed by atoms with Crippen molar-refractivity contribution in [3.05, 3.63) is 101 Å². The number of hydrogen-bond acceptors (Lipinski definition) is 6. The van der Waals surface area contributed by atoms with Gasteiger partial charge in [-0.25, -0.2) is 9.80 Å². The average molecular weight is 637 g/mol. The first-order valence-corrected chi connectivity index (χ1v) is 15.8. The van der Waals surface area contributed by atoms with E-state index in [1.165, 1.54) is 23.0 Å². The monoisotopic (exact) mass is 636 g/mol. The van der Waals surface area contributed by atoms with Crippen molar-refractivity contribution in [1.29, 1.82) is 0 Å². The van der Waals surface area contributed by atoms with Crippen LogP contribution < -0.4 is 14.5 Å². The molecule has 0 aromatic heterocycles. The number of aromatic hydroxyl groups is 1. The average Bonchev–Trinajstić information content (AvgIpc) is 3.42. The molecule has 2 aliphatic carbocycles. The summed E-state index contributed by atoms with van der Waals surface area (Å²) in [7, 11) is 1.47. The molecule has 3 fully saturated rings. The lowest BCUT2D eigenvalue weighted by Crippen LogP contribution is -2.49. The Labute approximate surface area is 271 Å². The number of allylic oxidation sites excluding steroid dienone is 3. The van der Waals surface area contributed by atoms with Gasteiger partial charge < -0.3 is 9.84 Å². The molecular formula is C37H33ClN2O6. The summed E-state index contributed by atoms with van der Waals surface area (Å²) in [6, 6.07) is 19.0. The first-order chi connectivity index (χ1) is 22.1. The molecule has 2 aliphatic heterocycles. The van der Waals surface area contributed by atoms with Gasteiger partial charge in [-0.15, -0.1) is 0 Å². The lowest BCUT2D eigenvalue weighted by Gasteiger charge is -2.47. The van der Waals surface area contributed by atoms with Crippen molar-refractivity contribution in [3.63, 3.8) is 0 Å². The number of fused-ring (bicyclic) bond motifs is 4. The van der Waals surface area contributed by atoms with Gasteiger partial charge in [0.15, 0.2) is 11.5 Å². The third-order valence-electron chi connectivity index (χ3n) is 10.5. The molecule has 6 unspecified atom stereocenters. The Morgan fingerprint density at radius 3 is 2.39 bits per heavy atom. The SMILES string of the molecule is COc1cc(C=CC2C3=CCC4C(=O)N(c5ccc(C)c(Cl)c5)C(=O)C4C3CC3C(=O)N(c4ccccc4)C(=O)C23C)ccc1O. The second kappa shape index (κ2) is 11.0. The minimum atomic E-state index is -1.13. The summed E-state index contributed by atoms with van der Waals surface area (Å²) in [4.78, 5) is 59.2. The van der Waals surface area contributed by atoms with Gasteiger partial charge >= 0.3 is 0 Å². The van der Waals surface area contributed by atoms with E-state index in [0.717, 1.165) is 16.7 Å². The highest BCUT2D eigenvalue weighted by Crippen LogP contribution is 2.61. The van der Waals surface area contributed by atoms with E-state index in [-0.39, 0.29) is 35.8 Å². The number of nitrogens with zero attached hydrogens (tertiary/aromatic N) is 2. The summed E-state index contributed by atoms with van der Waals surface area (Å²) in [5.41, 5.74) is 2.27. The molecule has 7 rings (SSSR count). The number of anilines is 2. The third-order valence-corrected chi connectivity index (χ3v) is 10.9. The molecule has 0 radical (unpaired) electrons. The molecule has 234 valence electrons. The predicted octanol–water partition coefficient (Wildman–Crippen LogP) is 6.34. The number of benzene rings is 3. The standard InChI is InChI=1S/C37H33ClN2O6/c1-20-9-12-23(18-29(20)38)39-33(42)25-14-13-24-26(32(25)35(39)44)19-28-34(43)40(22-7-5-4-6-8-22)36(45)37(28,2)27(24)15-10-21-11-16-30(41)31(17-21)46-3/h4-13,15-18,25-28,32,41H,14,19H2,1-3H3. The molecule has 2 heterocycles. The van der Waals surface area contributed by atoms with Crippen LogP contribution in [-0.2, 0) is 19.2 Å². The molecule has 3 aromatic carbocycles. The van der Waals surface area contributed by atoms with Crippen LogP contribution in [0.2, 0.25) is 5.02 Å². The summed E-state index contributed by atoms with van der Waals surface area (Å²) in [5.74, 6) is -3.78. The van der Waals surface area contributed by atoms with Crippen molar-refractivity contribution >= 4 is 52.7 Å². The minimum Gasteiger partial charge on any atom is -0.504 e. The van der Waals surface area contributed by atoms with Crippen molar-refractivity contribution in [2.45, 2.75) is 26.7 Å². The number of carbonyl (C=O) groups excluding carboxylic acids is 4. The number of para-hydroxylation sites is 1. The van der Waals surface area contributed by atoms with Crippen molar-refractivity contribution in [2.24, 2.45) is 35.0 Å². The zero-order chi connectivity index (χ0) is 32.5. The smallest absolute Gasteiger partial charge is 0.241 e. The maximum absolute atomic E-state index is 14.4. The van der Waals surface area contributed by atoms with E-state index in [4.69, 9.17) is 16.3 Å². The van der Waals surface area contributed by atoms with Crippen LogP contribution in [0.5, 0.6) is 11.5 Å². The number of halogens is 1. The van der Waals surface area contributed by atoms with Crippen LogP contribution >= 0.6 is 11.6 Å². The molecule has 46 heavy (non-hydrogen) atoms. The fourth-order valence-corrected chi connectivity index (χ4v) is 8.20. The van der Waals surface area contributed by atoms with Crippen molar-refractivity contribution < 1.29 is 29.0 Å². The second-order valence-electron chi connectivity index (χ2n) is 12.8. The molecule has 8 nitrogen and oxygen atoms in total. The molecule has 1 saturated carbocycles. The van der Waals surface area contributed by atoms with Gasteiger partial charge in [0.2, 0.25) is 23.6 Å². The van der Waals surface area contributed by atoms with Crippen LogP contribution in [0.4, 0.5) is 11.4 Å². The zero-order valence-electron chi connectivity index (χ0n) is 25.6. The Hall–Kier alpha value is -4.69. The summed E-state index contributed by atoms with van der Waals surface area (Å²) < 4.78 is 5.29. The number of aryl methyl sites for hydroxylation is 1. The number of hydrogen-bond donors (Lipinski definition) is 1. The maximum Gasteiger partial charge on any atom is 0.241 e. The first kappa shape index (κ1) is 30.0. The molecule has 4 aliphatic rings. The van der Waals surface area contributed by atoms with Gasteiger partial charge in [-0.3, -0.25) is 19.2 Å². The normalized spacial score (nSPS) is 28.8. The number of phenols is 1. The largest absolute Gasteiger partial charge is 0.504 e. The molecule has 0 bridgehead atoms. The molecule has 0 spiro atoms. The number of ether oxygens (including phenoxy) is 1. The second-order valence-corrected chi connectivity index (χ2v) is 13.2. The van der Waals surface area contributed by atoms with E-state index in [1.54, 1.807) is 54.6 Å². The first-order valence-electron chi connectivity index (χ1n) is 15.4. The molecule has 4 amide bonds. The summed E-state index contributed by atoms with van der Waals surface area (Å²) in [5, 5.41) is 10.6. The van der Waals surface area contributed by atoms with Gasteiger partial charge in [-0.05, 0) is 80.1 Å². The Bertz CT molecular complexity index is 1870. The third kappa shape index (κ3) is 4.34. The molecule has 9 heteroatoms. The van der Waals surface area contributed by atoms with Crippen LogP contribution in [0.15, 0.2) is 84.5 Å². The lowest BCUT2D eigenvalue weighted by molar-refractivity contribution is -0.132. The Kier molecular flexibility index (Phi) is 7.16. The fraction of sp³-hybridized carbons (Fsp3) is 0.297. The van der Waals surface area contributed by atoms with Gasteiger partial charge in [0.25, 0.3) is 0 Å². The van der Waals surface area contributed by atoms with Crippen LogP contribution in [0.25, 0.3) is 6.08 Å². The quantitative estimate of drug-likeness (QED) is 0.259. The topological polar surface area (TPSA) is 104 Å². The highest BCUT2D eigenvalue weighted by Gasteiger charge is 2.66. The van der Waals surface area contributed by atoms with Gasteiger partial charge in [-0.2, -0.15) is 0 Å². The van der Waals surface area contributed by atoms with Crippen LogP contribution in [0, 0.1) is 41.9 Å².